The van der Waals surface area contributed by atoms with E-state index in [1.807, 2.05) is 38.1 Å². The van der Waals surface area contributed by atoms with Crippen molar-refractivity contribution in [2.75, 3.05) is 31.5 Å². The zero-order valence-electron chi connectivity index (χ0n) is 14.8. The van der Waals surface area contributed by atoms with Crippen LogP contribution in [0.1, 0.15) is 38.2 Å². The lowest BCUT2D eigenvalue weighted by atomic mass is 10.0. The molecule has 5 heteroatoms. The fourth-order valence-electron chi connectivity index (χ4n) is 2.99. The summed E-state index contributed by atoms with van der Waals surface area (Å²) in [4.78, 5) is 26.3. The van der Waals surface area contributed by atoms with Crippen molar-refractivity contribution in [3.05, 3.63) is 29.8 Å². The molecule has 2 amide bonds. The van der Waals surface area contributed by atoms with E-state index < -0.39 is 0 Å². The molecule has 1 atom stereocenters. The zero-order chi connectivity index (χ0) is 17.4. The van der Waals surface area contributed by atoms with Crippen molar-refractivity contribution < 1.29 is 9.59 Å². The predicted octanol–water partition coefficient (Wildman–Crippen LogP) is 2.56. The summed E-state index contributed by atoms with van der Waals surface area (Å²) in [6, 6.07) is 7.71. The Balaban J connectivity index is 1.62. The molecule has 132 valence electrons. The van der Waals surface area contributed by atoms with E-state index in [1.54, 1.807) is 0 Å². The van der Waals surface area contributed by atoms with Gasteiger partial charge in [0.1, 0.15) is 0 Å². The number of hydrogen-bond acceptors (Lipinski definition) is 3. The van der Waals surface area contributed by atoms with Crippen LogP contribution in [-0.2, 0) is 9.59 Å². The van der Waals surface area contributed by atoms with Crippen LogP contribution in [0.5, 0.6) is 0 Å². The fraction of sp³-hybridized carbons (Fsp3) is 0.579. The molecule has 1 aromatic carbocycles. The molecule has 5 nitrogen and oxygen atoms in total. The van der Waals surface area contributed by atoms with Crippen LogP contribution in [0, 0.1) is 12.8 Å². The first-order valence-electron chi connectivity index (χ1n) is 8.88. The molecule has 1 fully saturated rings. The molecular weight excluding hydrogens is 302 g/mol. The lowest BCUT2D eigenvalue weighted by molar-refractivity contribution is -0.122. The van der Waals surface area contributed by atoms with Gasteiger partial charge in [0.15, 0.2) is 0 Å². The third-order valence-electron chi connectivity index (χ3n) is 4.35. The quantitative estimate of drug-likeness (QED) is 0.769. The molecule has 1 aliphatic heterocycles. The van der Waals surface area contributed by atoms with Crippen molar-refractivity contribution in [1.29, 1.82) is 0 Å². The molecule has 0 spiro atoms. The number of nitrogens with one attached hydrogen (secondary N) is 2. The molecule has 2 rings (SSSR count). The average molecular weight is 331 g/mol. The van der Waals surface area contributed by atoms with Crippen molar-refractivity contribution in [1.82, 2.24) is 10.2 Å². The SMILES string of the molecule is Cc1ccc(NC(=O)C[C@H](C)CC(=O)NCCN2CCCC2)cc1. The lowest BCUT2D eigenvalue weighted by Gasteiger charge is -2.16. The summed E-state index contributed by atoms with van der Waals surface area (Å²) in [7, 11) is 0. The van der Waals surface area contributed by atoms with Crippen LogP contribution in [0.3, 0.4) is 0 Å². The second-order valence-electron chi connectivity index (χ2n) is 6.83. The minimum atomic E-state index is -0.0452. The Bertz CT molecular complexity index is 536. The van der Waals surface area contributed by atoms with Gasteiger partial charge in [-0.15, -0.1) is 0 Å². The number of aryl methyl sites for hydroxylation is 1. The van der Waals surface area contributed by atoms with Gasteiger partial charge < -0.3 is 15.5 Å². The number of nitrogens with zero attached hydrogens (tertiary/aromatic N) is 1. The Kier molecular flexibility index (Phi) is 7.25. The molecule has 1 saturated heterocycles. The van der Waals surface area contributed by atoms with E-state index in [-0.39, 0.29) is 17.7 Å². The van der Waals surface area contributed by atoms with Gasteiger partial charge in [-0.25, -0.2) is 0 Å². The Morgan fingerprint density at radius 1 is 1.08 bits per heavy atom. The normalized spacial score (nSPS) is 15.9. The number of carbonyl (C=O) groups is 2. The average Bonchev–Trinajstić information content (AvgIpc) is 3.02. The summed E-state index contributed by atoms with van der Waals surface area (Å²) < 4.78 is 0. The van der Waals surface area contributed by atoms with Crippen molar-refractivity contribution in [2.45, 2.75) is 39.5 Å². The first-order chi connectivity index (χ1) is 11.5. The van der Waals surface area contributed by atoms with E-state index >= 15 is 0 Å². The van der Waals surface area contributed by atoms with Gasteiger partial charge >= 0.3 is 0 Å². The highest BCUT2D eigenvalue weighted by atomic mass is 16.2. The van der Waals surface area contributed by atoms with Crippen molar-refractivity contribution in [3.8, 4) is 0 Å². The third kappa shape index (κ3) is 6.71. The van der Waals surface area contributed by atoms with E-state index in [0.717, 1.165) is 30.9 Å². The van der Waals surface area contributed by atoms with E-state index in [9.17, 15) is 9.59 Å². The predicted molar refractivity (Wildman–Crippen MR) is 96.9 cm³/mol. The standard InChI is InChI=1S/C19H29N3O2/c1-15-5-7-17(8-6-15)21-19(24)14-16(2)13-18(23)20-9-12-22-10-3-4-11-22/h5-8,16H,3-4,9-14H2,1-2H3,(H,20,23)(H,21,24)/t16-/m1/s1. The molecule has 2 N–H and O–H groups in total. The van der Waals surface area contributed by atoms with E-state index in [0.29, 0.717) is 19.4 Å². The van der Waals surface area contributed by atoms with Gasteiger partial charge in [0.25, 0.3) is 0 Å². The Morgan fingerprint density at radius 2 is 1.71 bits per heavy atom. The molecule has 1 heterocycles. The largest absolute Gasteiger partial charge is 0.355 e. The van der Waals surface area contributed by atoms with Gasteiger partial charge in [-0.3, -0.25) is 9.59 Å². The summed E-state index contributed by atoms with van der Waals surface area (Å²) in [6.45, 7) is 7.86. The topological polar surface area (TPSA) is 61.4 Å². The van der Waals surface area contributed by atoms with Gasteiger partial charge in [-0.1, -0.05) is 24.6 Å². The Hall–Kier alpha value is -1.88. The van der Waals surface area contributed by atoms with Gasteiger partial charge in [-0.2, -0.15) is 0 Å². The van der Waals surface area contributed by atoms with Crippen LogP contribution in [-0.4, -0.2) is 42.9 Å². The van der Waals surface area contributed by atoms with E-state index in [1.165, 1.54) is 12.8 Å². The van der Waals surface area contributed by atoms with Crippen molar-refractivity contribution >= 4 is 17.5 Å². The van der Waals surface area contributed by atoms with E-state index in [4.69, 9.17) is 0 Å². The summed E-state index contributed by atoms with van der Waals surface area (Å²) in [5.41, 5.74) is 1.96. The molecule has 0 aromatic heterocycles. The third-order valence-corrected chi connectivity index (χ3v) is 4.35. The lowest BCUT2D eigenvalue weighted by Crippen LogP contribution is -2.34. The van der Waals surface area contributed by atoms with Gasteiger partial charge in [0.2, 0.25) is 11.8 Å². The number of likely N-dealkylation sites (tertiary alicyclic amines) is 1. The molecule has 0 unspecified atom stereocenters. The minimum absolute atomic E-state index is 0.0298. The van der Waals surface area contributed by atoms with Gasteiger partial charge in [0.05, 0.1) is 0 Å². The second kappa shape index (κ2) is 9.42. The Morgan fingerprint density at radius 3 is 2.38 bits per heavy atom. The molecule has 0 radical (unpaired) electrons. The number of amides is 2. The van der Waals surface area contributed by atoms with Crippen LogP contribution >= 0.6 is 0 Å². The molecule has 0 saturated carbocycles. The van der Waals surface area contributed by atoms with Crippen LogP contribution in [0.25, 0.3) is 0 Å². The molecule has 0 aliphatic carbocycles. The maximum atomic E-state index is 12.0. The van der Waals surface area contributed by atoms with Crippen LogP contribution in [0.4, 0.5) is 5.69 Å². The Labute approximate surface area is 144 Å². The first kappa shape index (κ1) is 18.5. The zero-order valence-corrected chi connectivity index (χ0v) is 14.8. The number of carbonyl (C=O) groups excluding carboxylic acids is 2. The van der Waals surface area contributed by atoms with Gasteiger partial charge in [-0.05, 0) is 50.9 Å². The fourth-order valence-corrected chi connectivity index (χ4v) is 2.99. The molecule has 1 aliphatic rings. The first-order valence-corrected chi connectivity index (χ1v) is 8.88. The molecular formula is C19H29N3O2. The monoisotopic (exact) mass is 331 g/mol. The van der Waals surface area contributed by atoms with Crippen LogP contribution in [0.15, 0.2) is 24.3 Å². The second-order valence-corrected chi connectivity index (χ2v) is 6.83. The highest BCUT2D eigenvalue weighted by Gasteiger charge is 2.15. The van der Waals surface area contributed by atoms with Crippen molar-refractivity contribution in [3.63, 3.8) is 0 Å². The van der Waals surface area contributed by atoms with Crippen LogP contribution in [0.2, 0.25) is 0 Å². The number of rotatable bonds is 8. The number of benzene rings is 1. The highest BCUT2D eigenvalue weighted by molar-refractivity contribution is 5.91. The van der Waals surface area contributed by atoms with E-state index in [2.05, 4.69) is 15.5 Å². The summed E-state index contributed by atoms with van der Waals surface area (Å²) in [6.07, 6.45) is 3.27. The number of anilines is 1. The maximum Gasteiger partial charge on any atom is 0.224 e. The van der Waals surface area contributed by atoms with Crippen molar-refractivity contribution in [2.24, 2.45) is 5.92 Å². The summed E-state index contributed by atoms with van der Waals surface area (Å²) in [5, 5.41) is 5.83. The molecule has 1 aromatic rings. The molecule has 24 heavy (non-hydrogen) atoms. The smallest absolute Gasteiger partial charge is 0.224 e. The number of hydrogen-bond donors (Lipinski definition) is 2. The summed E-state index contributed by atoms with van der Waals surface area (Å²) >= 11 is 0. The highest BCUT2D eigenvalue weighted by Crippen LogP contribution is 2.12. The van der Waals surface area contributed by atoms with Crippen LogP contribution < -0.4 is 10.6 Å². The summed E-state index contributed by atoms with van der Waals surface area (Å²) in [5.74, 6) is 0.0169. The molecule has 0 bridgehead atoms. The van der Waals surface area contributed by atoms with Gasteiger partial charge in [0, 0.05) is 31.6 Å². The maximum absolute atomic E-state index is 12.0. The minimum Gasteiger partial charge on any atom is -0.355 e.